The Morgan fingerprint density at radius 2 is 2.22 bits per heavy atom. The van der Waals surface area contributed by atoms with Gasteiger partial charge >= 0.3 is 0 Å². The average Bonchev–Trinajstić information content (AvgIpc) is 2.93. The lowest BCUT2D eigenvalue weighted by Gasteiger charge is -2.23. The third-order valence-electron chi connectivity index (χ3n) is 3.49. The second-order valence-corrected chi connectivity index (χ2v) is 5.22. The van der Waals surface area contributed by atoms with Crippen LogP contribution >= 0.6 is 0 Å². The Balaban J connectivity index is 2.27. The van der Waals surface area contributed by atoms with Crippen LogP contribution in [0, 0.1) is 0 Å². The first-order chi connectivity index (χ1) is 8.54. The molecule has 1 aromatic heterocycles. The number of methoxy groups -OCH3 is 1. The van der Waals surface area contributed by atoms with Crippen LogP contribution in [-0.2, 0) is 4.74 Å². The Hall–Kier alpha value is -1.07. The first-order valence-electron chi connectivity index (χ1n) is 6.57. The molecule has 0 aromatic carbocycles. The quantitative estimate of drug-likeness (QED) is 0.892. The van der Waals surface area contributed by atoms with Crippen LogP contribution in [0.25, 0.3) is 0 Å². The molecule has 2 heterocycles. The van der Waals surface area contributed by atoms with Crippen molar-refractivity contribution in [3.63, 3.8) is 0 Å². The molecule has 0 radical (unpaired) electrons. The Morgan fingerprint density at radius 1 is 1.50 bits per heavy atom. The summed E-state index contributed by atoms with van der Waals surface area (Å²) in [4.78, 5) is 0. The molecule has 0 aliphatic carbocycles. The molecule has 3 atom stereocenters. The monoisotopic (exact) mass is 253 g/mol. The molecule has 0 amide bonds. The maximum absolute atomic E-state index is 6.36. The molecule has 18 heavy (non-hydrogen) atoms. The smallest absolute Gasteiger partial charge is 0.161 e. The molecule has 1 aromatic rings. The fourth-order valence-corrected chi connectivity index (χ4v) is 2.52. The molecule has 0 spiro atoms. The van der Waals surface area contributed by atoms with Crippen molar-refractivity contribution in [2.24, 2.45) is 5.73 Å². The van der Waals surface area contributed by atoms with E-state index in [1.165, 1.54) is 0 Å². The van der Waals surface area contributed by atoms with Gasteiger partial charge in [-0.2, -0.15) is 5.10 Å². The summed E-state index contributed by atoms with van der Waals surface area (Å²) in [5.74, 6) is 0.749. The standard InChI is InChI=1S/C13H23N3O2/c1-8(2)16-13(11(17-4)7-15-16)12(14)10-6-5-9(3)18-10/h7-10,12H,5-6,14H2,1-4H3. The summed E-state index contributed by atoms with van der Waals surface area (Å²) in [7, 11) is 1.65. The number of rotatable bonds is 4. The molecule has 5 heteroatoms. The predicted octanol–water partition coefficient (Wildman–Crippen LogP) is 2.04. The lowest BCUT2D eigenvalue weighted by atomic mass is 10.0. The number of nitrogens with two attached hydrogens (primary N) is 1. The van der Waals surface area contributed by atoms with E-state index in [0.29, 0.717) is 6.10 Å². The lowest BCUT2D eigenvalue weighted by Crippen LogP contribution is -2.29. The summed E-state index contributed by atoms with van der Waals surface area (Å²) in [5, 5.41) is 4.35. The topological polar surface area (TPSA) is 62.3 Å². The SMILES string of the molecule is COc1cnn(C(C)C)c1C(N)C1CCC(C)O1. The minimum absolute atomic E-state index is 0.0584. The highest BCUT2D eigenvalue weighted by atomic mass is 16.5. The molecule has 2 N–H and O–H groups in total. The Bertz CT molecular complexity index is 403. The Kier molecular flexibility index (Phi) is 3.92. The molecular formula is C13H23N3O2. The van der Waals surface area contributed by atoms with E-state index in [1.54, 1.807) is 13.3 Å². The fourth-order valence-electron chi connectivity index (χ4n) is 2.52. The molecule has 2 rings (SSSR count). The van der Waals surface area contributed by atoms with Crippen molar-refractivity contribution in [1.82, 2.24) is 9.78 Å². The Labute approximate surface area is 108 Å². The van der Waals surface area contributed by atoms with Gasteiger partial charge in [-0.1, -0.05) is 0 Å². The second kappa shape index (κ2) is 5.28. The van der Waals surface area contributed by atoms with Gasteiger partial charge in [0, 0.05) is 6.04 Å². The van der Waals surface area contributed by atoms with Crippen LogP contribution in [0.4, 0.5) is 0 Å². The zero-order chi connectivity index (χ0) is 13.3. The van der Waals surface area contributed by atoms with Gasteiger partial charge in [0.1, 0.15) is 5.69 Å². The van der Waals surface area contributed by atoms with Crippen LogP contribution in [0.1, 0.15) is 51.4 Å². The van der Waals surface area contributed by atoms with E-state index >= 15 is 0 Å². The maximum atomic E-state index is 6.36. The van der Waals surface area contributed by atoms with Crippen LogP contribution in [0.5, 0.6) is 5.75 Å². The van der Waals surface area contributed by atoms with Crippen LogP contribution in [0.15, 0.2) is 6.20 Å². The van der Waals surface area contributed by atoms with Crippen LogP contribution < -0.4 is 10.5 Å². The molecule has 0 saturated carbocycles. The summed E-state index contributed by atoms with van der Waals surface area (Å²) in [6.07, 6.45) is 4.14. The van der Waals surface area contributed by atoms with Crippen molar-refractivity contribution >= 4 is 0 Å². The molecule has 1 saturated heterocycles. The number of hydrogen-bond acceptors (Lipinski definition) is 4. The van der Waals surface area contributed by atoms with Crippen molar-refractivity contribution in [2.45, 2.75) is 57.9 Å². The number of hydrogen-bond donors (Lipinski definition) is 1. The average molecular weight is 253 g/mol. The third kappa shape index (κ3) is 2.37. The first-order valence-corrected chi connectivity index (χ1v) is 6.57. The summed E-state index contributed by atoms with van der Waals surface area (Å²) < 4.78 is 13.2. The van der Waals surface area contributed by atoms with Crippen molar-refractivity contribution in [3.05, 3.63) is 11.9 Å². The van der Waals surface area contributed by atoms with E-state index in [0.717, 1.165) is 24.3 Å². The van der Waals surface area contributed by atoms with E-state index in [9.17, 15) is 0 Å². The Morgan fingerprint density at radius 3 is 2.72 bits per heavy atom. The van der Waals surface area contributed by atoms with E-state index in [-0.39, 0.29) is 18.2 Å². The number of ether oxygens (including phenoxy) is 2. The second-order valence-electron chi connectivity index (χ2n) is 5.22. The number of nitrogens with zero attached hydrogens (tertiary/aromatic N) is 2. The van der Waals surface area contributed by atoms with Gasteiger partial charge in [0.15, 0.2) is 5.75 Å². The van der Waals surface area contributed by atoms with E-state index < -0.39 is 0 Å². The molecule has 1 fully saturated rings. The molecule has 102 valence electrons. The summed E-state index contributed by atoms with van der Waals surface area (Å²) in [6.45, 7) is 6.26. The maximum Gasteiger partial charge on any atom is 0.161 e. The van der Waals surface area contributed by atoms with Gasteiger partial charge in [0.2, 0.25) is 0 Å². The number of aromatic nitrogens is 2. The van der Waals surface area contributed by atoms with Gasteiger partial charge in [-0.25, -0.2) is 0 Å². The van der Waals surface area contributed by atoms with E-state index in [1.807, 2.05) is 4.68 Å². The van der Waals surface area contributed by atoms with Gasteiger partial charge in [-0.3, -0.25) is 4.68 Å². The van der Waals surface area contributed by atoms with Crippen LogP contribution in [-0.4, -0.2) is 29.1 Å². The van der Waals surface area contributed by atoms with Gasteiger partial charge in [0.25, 0.3) is 0 Å². The van der Waals surface area contributed by atoms with E-state index in [2.05, 4.69) is 25.9 Å². The minimum atomic E-state index is -0.185. The van der Waals surface area contributed by atoms with Crippen molar-refractivity contribution in [3.8, 4) is 5.75 Å². The van der Waals surface area contributed by atoms with Crippen LogP contribution in [0.2, 0.25) is 0 Å². The summed E-state index contributed by atoms with van der Waals surface area (Å²) >= 11 is 0. The lowest BCUT2D eigenvalue weighted by molar-refractivity contribution is 0.0377. The molecule has 5 nitrogen and oxygen atoms in total. The van der Waals surface area contributed by atoms with Crippen LogP contribution in [0.3, 0.4) is 0 Å². The molecular weight excluding hydrogens is 230 g/mol. The van der Waals surface area contributed by atoms with Gasteiger partial charge < -0.3 is 15.2 Å². The molecule has 3 unspecified atom stereocenters. The van der Waals surface area contributed by atoms with E-state index in [4.69, 9.17) is 15.2 Å². The van der Waals surface area contributed by atoms with Gasteiger partial charge in [-0.15, -0.1) is 0 Å². The molecule has 1 aliphatic rings. The normalized spacial score (nSPS) is 25.7. The van der Waals surface area contributed by atoms with Crippen molar-refractivity contribution in [1.29, 1.82) is 0 Å². The zero-order valence-electron chi connectivity index (χ0n) is 11.6. The zero-order valence-corrected chi connectivity index (χ0v) is 11.6. The summed E-state index contributed by atoms with van der Waals surface area (Å²) in [6, 6.07) is 0.0728. The largest absolute Gasteiger partial charge is 0.493 e. The first kappa shape index (κ1) is 13.4. The third-order valence-corrected chi connectivity index (χ3v) is 3.49. The molecule has 1 aliphatic heterocycles. The summed E-state index contributed by atoms with van der Waals surface area (Å²) in [5.41, 5.74) is 7.29. The van der Waals surface area contributed by atoms with Gasteiger partial charge in [0.05, 0.1) is 31.6 Å². The molecule has 0 bridgehead atoms. The fraction of sp³-hybridized carbons (Fsp3) is 0.769. The van der Waals surface area contributed by atoms with Crippen molar-refractivity contribution < 1.29 is 9.47 Å². The van der Waals surface area contributed by atoms with Gasteiger partial charge in [-0.05, 0) is 33.6 Å². The highest BCUT2D eigenvalue weighted by molar-refractivity contribution is 5.29. The predicted molar refractivity (Wildman–Crippen MR) is 69.7 cm³/mol. The minimum Gasteiger partial charge on any atom is -0.493 e. The van der Waals surface area contributed by atoms with Crippen molar-refractivity contribution in [2.75, 3.05) is 7.11 Å². The highest BCUT2D eigenvalue weighted by Crippen LogP contribution is 2.34. The highest BCUT2D eigenvalue weighted by Gasteiger charge is 2.32.